The van der Waals surface area contributed by atoms with Gasteiger partial charge in [0.25, 0.3) is 0 Å². The monoisotopic (exact) mass is 668 g/mol. The quantitative estimate of drug-likeness (QED) is 0.244. The summed E-state index contributed by atoms with van der Waals surface area (Å²) in [5, 5.41) is 0. The fourth-order valence-corrected chi connectivity index (χ4v) is 5.25. The Bertz CT molecular complexity index is 1460. The van der Waals surface area contributed by atoms with Gasteiger partial charge >= 0.3 is 63.8 Å². The molecule has 0 fully saturated rings. The van der Waals surface area contributed by atoms with Crippen LogP contribution in [-0.2, 0) is 41.5 Å². The van der Waals surface area contributed by atoms with Crippen molar-refractivity contribution >= 4 is 3.71 Å². The Labute approximate surface area is 281 Å². The van der Waals surface area contributed by atoms with E-state index in [1.54, 1.807) is 0 Å². The number of rotatable bonds is 2. The summed E-state index contributed by atoms with van der Waals surface area (Å²) in [7, 11) is 0. The Morgan fingerprint density at radius 2 is 1.31 bits per heavy atom. The van der Waals surface area contributed by atoms with E-state index in [0.29, 0.717) is 0 Å². The topological polar surface area (TPSA) is 0 Å². The largest absolute Gasteiger partial charge is 0.206 e. The van der Waals surface area contributed by atoms with Crippen molar-refractivity contribution in [2.75, 3.05) is 0 Å². The van der Waals surface area contributed by atoms with Gasteiger partial charge in [-0.3, -0.25) is 0 Å². The maximum Gasteiger partial charge on any atom is -0.0623 e. The third-order valence-corrected chi connectivity index (χ3v) is 8.02. The first-order valence-electron chi connectivity index (χ1n) is 14.1. The Morgan fingerprint density at radius 1 is 0.690 bits per heavy atom. The van der Waals surface area contributed by atoms with Crippen LogP contribution in [0.25, 0.3) is 22.3 Å². The normalized spacial score (nSPS) is 11.2. The zero-order valence-corrected chi connectivity index (χ0v) is 29.5. The minimum atomic E-state index is 0. The van der Waals surface area contributed by atoms with Crippen LogP contribution in [0.15, 0.2) is 115 Å². The van der Waals surface area contributed by atoms with Gasteiger partial charge in [-0.2, -0.15) is 47.5 Å². The molecule has 0 nitrogen and oxygen atoms in total. The van der Waals surface area contributed by atoms with E-state index < -0.39 is 0 Å². The van der Waals surface area contributed by atoms with Crippen LogP contribution in [0.2, 0.25) is 0 Å². The van der Waals surface area contributed by atoms with Crippen molar-refractivity contribution < 1.29 is 49.0 Å². The third-order valence-electron chi connectivity index (χ3n) is 7.20. The van der Waals surface area contributed by atoms with E-state index in [9.17, 15) is 0 Å². The van der Waals surface area contributed by atoms with Gasteiger partial charge < -0.3 is 24.8 Å². The Balaban J connectivity index is 0.000000246. The molecule has 216 valence electrons. The zero-order valence-electron chi connectivity index (χ0n) is 25.5. The van der Waals surface area contributed by atoms with Crippen molar-refractivity contribution in [1.82, 2.24) is 0 Å². The van der Waals surface area contributed by atoms with Crippen molar-refractivity contribution in [1.29, 1.82) is 0 Å². The molecule has 42 heavy (non-hydrogen) atoms. The molecular weight excluding hydrogens is 631 g/mol. The predicted octanol–water partition coefficient (Wildman–Crippen LogP) is 4.12. The van der Waals surface area contributed by atoms with Crippen LogP contribution in [0.4, 0.5) is 0 Å². The summed E-state index contributed by atoms with van der Waals surface area (Å²) in [5.41, 5.74) is 12.6. The van der Waals surface area contributed by atoms with Crippen LogP contribution >= 0.6 is 0 Å². The number of fused-ring (bicyclic) bond motifs is 3. The minimum Gasteiger partial charge on any atom is -0.206 e. The molecule has 0 saturated carbocycles. The molecule has 1 aliphatic rings. The first kappa shape index (κ1) is 35.8. The van der Waals surface area contributed by atoms with E-state index in [2.05, 4.69) is 154 Å². The molecule has 0 radical (unpaired) electrons. The molecule has 3 heteroatoms. The predicted molar refractivity (Wildman–Crippen MR) is 170 cm³/mol. The first-order chi connectivity index (χ1) is 19.1. The molecule has 0 saturated heterocycles. The molecule has 0 heterocycles. The number of hydrogen-bond acceptors (Lipinski definition) is 0. The average Bonchev–Trinajstić information content (AvgIpc) is 3.61. The summed E-state index contributed by atoms with van der Waals surface area (Å²) < 4.78 is 2.17. The summed E-state index contributed by atoms with van der Waals surface area (Å²) in [4.78, 5) is 0. The van der Waals surface area contributed by atoms with E-state index in [1.165, 1.54) is 74.3 Å². The van der Waals surface area contributed by atoms with Crippen molar-refractivity contribution in [3.8, 4) is 22.3 Å². The molecule has 0 atom stereocenters. The van der Waals surface area contributed by atoms with Gasteiger partial charge in [-0.25, -0.2) is 6.07 Å². The Kier molecular flexibility index (Phi) is 13.5. The van der Waals surface area contributed by atoms with E-state index in [4.69, 9.17) is 0 Å². The first-order valence-corrected chi connectivity index (χ1v) is 15.5. The molecule has 6 rings (SSSR count). The van der Waals surface area contributed by atoms with Gasteiger partial charge in [0.2, 0.25) is 0 Å². The molecule has 5 aromatic carbocycles. The number of halogens is 2. The Hall–Kier alpha value is -2.44. The van der Waals surface area contributed by atoms with E-state index >= 15 is 0 Å². The van der Waals surface area contributed by atoms with E-state index in [0.717, 1.165) is 6.42 Å². The van der Waals surface area contributed by atoms with Crippen LogP contribution in [0, 0.1) is 6.07 Å². The van der Waals surface area contributed by atoms with Crippen molar-refractivity contribution in [2.45, 2.75) is 58.8 Å². The van der Waals surface area contributed by atoms with Crippen LogP contribution in [0.5, 0.6) is 0 Å². The van der Waals surface area contributed by atoms with Gasteiger partial charge in [-0.05, 0) is 28.4 Å². The molecule has 0 bridgehead atoms. The average molecular weight is 671 g/mol. The minimum absolute atomic E-state index is 0. The molecular formula is C39H40Cl2Zr-2. The standard InChI is InChI=1S/C21H25.C11H9.C7H6.2ClH.Zr/c1-20(2,3)16-7-9-18-14(12-16)11-15-13-17(21(4,5)6)8-10-19(15)18;1-2-6-10(7-3-1)11-8-4-5-9-11;1-7-5-3-2-4-6-7;;;/h7-10,12H,11H2,1-6H3;1-9H;1-6H;2*1H;/q2*-1;;;;+2/p-2. The molecule has 0 spiro atoms. The fourth-order valence-electron chi connectivity index (χ4n) is 4.77. The van der Waals surface area contributed by atoms with Crippen molar-refractivity contribution in [3.63, 3.8) is 0 Å². The van der Waals surface area contributed by atoms with Crippen molar-refractivity contribution in [3.05, 3.63) is 149 Å². The Morgan fingerprint density at radius 3 is 1.83 bits per heavy atom. The zero-order chi connectivity index (χ0) is 28.8. The molecule has 0 unspecified atom stereocenters. The van der Waals surface area contributed by atoms with Gasteiger partial charge in [0.05, 0.1) is 0 Å². The molecule has 0 N–H and O–H groups in total. The SMILES string of the molecule is CC(C)(C)c1[c-]c2c(cc1)-c1ccc(C(C)(C)C)cc1C2.[Cl-].[Cl-].[Zr+2]=[CH]c1ccccc1.c1ccc(-c2cc[cH-]c2)cc1. The molecule has 0 aromatic heterocycles. The maximum atomic E-state index is 3.67. The second-order valence-corrected chi connectivity index (χ2v) is 13.1. The van der Waals surface area contributed by atoms with Gasteiger partial charge in [0.1, 0.15) is 0 Å². The molecule has 1 aliphatic carbocycles. The summed E-state index contributed by atoms with van der Waals surface area (Å²) in [6.07, 6.45) is 1.03. The second kappa shape index (κ2) is 15.9. The van der Waals surface area contributed by atoms with Gasteiger partial charge in [0, 0.05) is 0 Å². The summed E-state index contributed by atoms with van der Waals surface area (Å²) in [6, 6.07) is 44.3. The summed E-state index contributed by atoms with van der Waals surface area (Å²) in [5.74, 6) is 0. The molecule has 5 aromatic rings. The fraction of sp³-hybridized carbons (Fsp3) is 0.231. The van der Waals surface area contributed by atoms with Gasteiger partial charge in [-0.1, -0.05) is 101 Å². The second-order valence-electron chi connectivity index (χ2n) is 12.4. The van der Waals surface area contributed by atoms with E-state index in [-0.39, 0.29) is 35.6 Å². The van der Waals surface area contributed by atoms with Gasteiger partial charge in [-0.15, -0.1) is 11.1 Å². The van der Waals surface area contributed by atoms with Crippen LogP contribution in [0.3, 0.4) is 0 Å². The molecule has 0 aliphatic heterocycles. The van der Waals surface area contributed by atoms with Crippen LogP contribution < -0.4 is 24.8 Å². The maximum absolute atomic E-state index is 3.67. The number of benzene rings is 4. The number of hydrogen-bond donors (Lipinski definition) is 0. The van der Waals surface area contributed by atoms with Gasteiger partial charge in [0.15, 0.2) is 0 Å². The van der Waals surface area contributed by atoms with Crippen LogP contribution in [-0.4, -0.2) is 3.71 Å². The van der Waals surface area contributed by atoms with E-state index in [1.807, 2.05) is 12.1 Å². The smallest absolute Gasteiger partial charge is 0.0623 e. The summed E-state index contributed by atoms with van der Waals surface area (Å²) in [6.45, 7) is 13.6. The van der Waals surface area contributed by atoms with Crippen molar-refractivity contribution in [2.24, 2.45) is 0 Å². The molecule has 0 amide bonds. The summed E-state index contributed by atoms with van der Waals surface area (Å²) >= 11 is 1.46. The third kappa shape index (κ3) is 9.54. The van der Waals surface area contributed by atoms with Crippen LogP contribution in [0.1, 0.15) is 69.4 Å².